The number of ether oxygens (including phenoxy) is 1. The van der Waals surface area contributed by atoms with E-state index in [9.17, 15) is 52.0 Å². The van der Waals surface area contributed by atoms with Gasteiger partial charge in [-0.3, -0.25) is 28.8 Å². The normalized spacial score (nSPS) is 24.9. The predicted octanol–water partition coefficient (Wildman–Crippen LogP) is 6.61. The highest BCUT2D eigenvalue weighted by atomic mass is 35.5. The Balaban J connectivity index is 1.93. The predicted molar refractivity (Wildman–Crippen MR) is 252 cm³/mol. The number of rotatable bonds is 12. The summed E-state index contributed by atoms with van der Waals surface area (Å²) in [6, 6.07) is -1.96. The molecule has 0 unspecified atom stereocenters. The van der Waals surface area contributed by atoms with Crippen LogP contribution in [-0.2, 0) is 44.7 Å². The molecular weight excluding hydrogens is 927 g/mol. The molecule has 0 spiro atoms. The number of allylic oxidation sites excluding steroid dienone is 1. The molecule has 1 aromatic carbocycles. The van der Waals surface area contributed by atoms with E-state index in [4.69, 9.17) is 16.3 Å². The van der Waals surface area contributed by atoms with Gasteiger partial charge in [0.05, 0.1) is 12.5 Å². The van der Waals surface area contributed by atoms with Crippen LogP contribution in [0, 0.1) is 23.2 Å². The van der Waals surface area contributed by atoms with Crippen molar-refractivity contribution in [2.24, 2.45) is 11.8 Å². The lowest BCUT2D eigenvalue weighted by Crippen LogP contribution is -2.60. The smallest absolute Gasteiger partial charge is 0.391 e. The first-order valence-corrected chi connectivity index (χ1v) is 24.4. The first kappa shape index (κ1) is 55.4. The maximum Gasteiger partial charge on any atom is 0.391 e. The van der Waals surface area contributed by atoms with E-state index in [1.165, 1.54) is 37.3 Å². The number of nitrogens with zero attached hydrogens (tertiary/aromatic N) is 4. The summed E-state index contributed by atoms with van der Waals surface area (Å²) in [6.45, 7) is 8.76. The lowest BCUT2D eigenvalue weighted by Gasteiger charge is -2.35. The number of fused-ring (bicyclic) bond motifs is 1. The van der Waals surface area contributed by atoms with Gasteiger partial charge in [0, 0.05) is 50.1 Å². The minimum absolute atomic E-state index is 0.0328. The zero-order valence-electron chi connectivity index (χ0n) is 40.0. The molecule has 20 heteroatoms. The van der Waals surface area contributed by atoms with Crippen molar-refractivity contribution in [3.8, 4) is 6.07 Å². The van der Waals surface area contributed by atoms with Gasteiger partial charge in [-0.25, -0.2) is 4.79 Å². The van der Waals surface area contributed by atoms with Gasteiger partial charge in [-0.15, -0.1) is 11.3 Å². The summed E-state index contributed by atoms with van der Waals surface area (Å²) in [7, 11) is 3.83. The molecule has 3 N–H and O–H groups in total. The van der Waals surface area contributed by atoms with E-state index in [-0.39, 0.29) is 43.9 Å². The zero-order chi connectivity index (χ0) is 50.6. The van der Waals surface area contributed by atoms with Gasteiger partial charge in [-0.2, -0.15) is 18.4 Å². The first-order valence-electron chi connectivity index (χ1n) is 23.1. The van der Waals surface area contributed by atoms with Crippen LogP contribution < -0.4 is 16.0 Å². The van der Waals surface area contributed by atoms with Crippen LogP contribution >= 0.6 is 22.9 Å². The molecule has 15 nitrogen and oxygen atoms in total. The van der Waals surface area contributed by atoms with Gasteiger partial charge in [-0.05, 0) is 105 Å². The fraction of sp³-hybridized carbons (Fsp3) is 0.625. The monoisotopic (exact) mass is 991 g/mol. The van der Waals surface area contributed by atoms with Crippen LogP contribution in [0.3, 0.4) is 0 Å². The molecule has 1 saturated heterocycles. The molecule has 4 rings (SSSR count). The summed E-state index contributed by atoms with van der Waals surface area (Å²) >= 11 is 7.81. The highest BCUT2D eigenvalue weighted by Crippen LogP contribution is 2.31. The second kappa shape index (κ2) is 24.9. The molecular formula is C48H65ClF3N7O8S. The fourth-order valence-electron chi connectivity index (χ4n) is 8.32. The number of cyclic esters (lactones) is 1. The number of alkyl halides is 3. The molecule has 1 aliphatic carbocycles. The topological polar surface area (TPSA) is 198 Å². The van der Waals surface area contributed by atoms with Crippen LogP contribution in [0.25, 0.3) is 10.1 Å². The number of amides is 6. The first-order chi connectivity index (χ1) is 31.9. The van der Waals surface area contributed by atoms with Crippen molar-refractivity contribution >= 4 is 74.4 Å². The maximum absolute atomic E-state index is 15.0. The Morgan fingerprint density at radius 2 is 1.43 bits per heavy atom. The Labute approximate surface area is 405 Å². The van der Waals surface area contributed by atoms with Gasteiger partial charge >= 0.3 is 12.1 Å². The number of halogens is 4. The van der Waals surface area contributed by atoms with Crippen LogP contribution in [0.2, 0.25) is 5.02 Å². The number of benzene rings is 1. The number of nitriles is 1. The maximum atomic E-state index is 15.0. The van der Waals surface area contributed by atoms with Crippen LogP contribution in [0.15, 0.2) is 35.2 Å². The summed E-state index contributed by atoms with van der Waals surface area (Å²) in [4.78, 5) is 104. The van der Waals surface area contributed by atoms with Crippen molar-refractivity contribution in [1.29, 1.82) is 5.26 Å². The second-order valence-electron chi connectivity index (χ2n) is 18.7. The lowest BCUT2D eigenvalue weighted by atomic mass is 9.92. The number of thiophene rings is 1. The molecule has 2 aliphatic rings. The number of carbonyl (C=O) groups is 7. The summed E-state index contributed by atoms with van der Waals surface area (Å²) in [5.41, 5.74) is 1.44. The molecule has 6 amide bonds. The van der Waals surface area contributed by atoms with E-state index in [0.29, 0.717) is 29.8 Å². The third kappa shape index (κ3) is 15.4. The highest BCUT2D eigenvalue weighted by molar-refractivity contribution is 7.17. The molecule has 0 saturated carbocycles. The summed E-state index contributed by atoms with van der Waals surface area (Å²) in [5.74, 6) is -6.91. The SMILES string of the molecule is CC(C)CC[C@@H]1NC(=O)[C@H](CC2=CCCCC2)N(C)C(=O)[C@H](CC(F)(F)F)NC(=O)[C@@H](CCC#N)OC(=O)[C@H](C)N(C)C(=O)[C@H](CC(C)C)NC(=O)[C@H](Cc2csc3ccc(Cl)cc23)N(C)C1=O. The number of esters is 1. The van der Waals surface area contributed by atoms with Crippen molar-refractivity contribution in [1.82, 2.24) is 30.7 Å². The molecule has 374 valence electrons. The Kier molecular flexibility index (Phi) is 20.3. The zero-order valence-corrected chi connectivity index (χ0v) is 41.6. The largest absolute Gasteiger partial charge is 0.451 e. The van der Waals surface area contributed by atoms with Gasteiger partial charge in [0.15, 0.2) is 6.10 Å². The van der Waals surface area contributed by atoms with E-state index in [2.05, 4.69) is 16.0 Å². The Hall–Kier alpha value is -5.22. The summed E-state index contributed by atoms with van der Waals surface area (Å²) in [6.07, 6.45) is -4.42. The van der Waals surface area contributed by atoms with Crippen LogP contribution in [0.4, 0.5) is 13.2 Å². The minimum atomic E-state index is -5.02. The molecule has 1 fully saturated rings. The van der Waals surface area contributed by atoms with Crippen molar-refractivity contribution in [2.75, 3.05) is 21.1 Å². The van der Waals surface area contributed by atoms with E-state index in [1.54, 1.807) is 12.1 Å². The number of carbonyl (C=O) groups excluding carboxylic acids is 7. The standard InChI is InChI=1S/C48H65ClF3N7O8S/c1-27(2)16-18-34-44(63)59(8)38(23-31-26-68-40-19-17-32(49)24-33(31)40)42(61)55-35(21-28(3)4)45(64)57(6)29(5)47(66)67-39(15-12-20-53)43(62)56-36(25-48(50,51)52)46(65)58(7)37(41(60)54-34)22-30-13-10-9-11-14-30/h13,17,19,24,26-29,34-39H,9-12,14-16,18,21-23,25H2,1-8H3,(H,54,60)(H,55,61)(H,56,62)/t29-,34-,35-,36-,37-,38-,39+/m0/s1. The van der Waals surface area contributed by atoms with E-state index in [1.807, 2.05) is 51.3 Å². The third-order valence-electron chi connectivity index (χ3n) is 12.5. The van der Waals surface area contributed by atoms with Crippen molar-refractivity contribution in [3.63, 3.8) is 0 Å². The third-order valence-corrected chi connectivity index (χ3v) is 13.7. The van der Waals surface area contributed by atoms with Gasteiger partial charge in [0.1, 0.15) is 36.3 Å². The van der Waals surface area contributed by atoms with Gasteiger partial charge in [-0.1, -0.05) is 50.9 Å². The fourth-order valence-corrected chi connectivity index (χ4v) is 9.45. The molecule has 68 heavy (non-hydrogen) atoms. The van der Waals surface area contributed by atoms with Crippen LogP contribution in [-0.4, -0.2) is 126 Å². The molecule has 7 atom stereocenters. The van der Waals surface area contributed by atoms with Gasteiger partial charge in [0.2, 0.25) is 29.5 Å². The van der Waals surface area contributed by atoms with E-state index < -0.39 is 103 Å². The van der Waals surface area contributed by atoms with Crippen molar-refractivity contribution in [2.45, 2.75) is 160 Å². The average Bonchev–Trinajstić information content (AvgIpc) is 3.68. The second-order valence-corrected chi connectivity index (χ2v) is 20.0. The van der Waals surface area contributed by atoms with Crippen LogP contribution in [0.1, 0.15) is 111 Å². The van der Waals surface area contributed by atoms with Crippen LogP contribution in [0.5, 0.6) is 0 Å². The quantitative estimate of drug-likeness (QED) is 0.155. The lowest BCUT2D eigenvalue weighted by molar-refractivity contribution is -0.166. The van der Waals surface area contributed by atoms with Gasteiger partial charge in [0.25, 0.3) is 5.91 Å². The molecule has 0 bridgehead atoms. The number of likely N-dealkylation sites (N-methyl/N-ethyl adjacent to an activating group) is 3. The Morgan fingerprint density at radius 3 is 2.01 bits per heavy atom. The average molecular weight is 993 g/mol. The highest BCUT2D eigenvalue weighted by Gasteiger charge is 2.43. The minimum Gasteiger partial charge on any atom is -0.451 e. The van der Waals surface area contributed by atoms with Crippen molar-refractivity contribution < 1.29 is 51.5 Å². The van der Waals surface area contributed by atoms with E-state index >= 15 is 0 Å². The summed E-state index contributed by atoms with van der Waals surface area (Å²) in [5, 5.41) is 20.1. The molecule has 1 aliphatic heterocycles. The number of hydrogen-bond acceptors (Lipinski definition) is 10. The van der Waals surface area contributed by atoms with Gasteiger partial charge < -0.3 is 35.4 Å². The Bertz CT molecular complexity index is 2230. The molecule has 2 heterocycles. The summed E-state index contributed by atoms with van der Waals surface area (Å²) < 4.78 is 49.2. The molecule has 0 radical (unpaired) electrons. The molecule has 2 aromatic rings. The molecule has 1 aromatic heterocycles. The Morgan fingerprint density at radius 1 is 0.824 bits per heavy atom. The van der Waals surface area contributed by atoms with Crippen molar-refractivity contribution in [3.05, 3.63) is 45.8 Å². The van der Waals surface area contributed by atoms with E-state index in [0.717, 1.165) is 45.3 Å². The number of nitrogens with one attached hydrogen (secondary N) is 3. The number of hydrogen-bond donors (Lipinski definition) is 3.